The van der Waals surface area contributed by atoms with Gasteiger partial charge in [-0.3, -0.25) is 9.59 Å². The second kappa shape index (κ2) is 7.64. The lowest BCUT2D eigenvalue weighted by atomic mass is 10.3. The van der Waals surface area contributed by atoms with E-state index < -0.39 is 10.8 Å². The quantitative estimate of drug-likeness (QED) is 0.481. The minimum Gasteiger partial charge on any atom is -0.385 e. The first-order valence-corrected chi connectivity index (χ1v) is 7.90. The Kier molecular flexibility index (Phi) is 5.59. The summed E-state index contributed by atoms with van der Waals surface area (Å²) in [6, 6.07) is 10.4. The Labute approximate surface area is 138 Å². The summed E-state index contributed by atoms with van der Waals surface area (Å²) in [6.45, 7) is 5.82. The molecule has 6 nitrogen and oxygen atoms in total. The van der Waals surface area contributed by atoms with Crippen molar-refractivity contribution in [1.29, 1.82) is 0 Å². The van der Waals surface area contributed by atoms with Crippen molar-refractivity contribution in [3.63, 3.8) is 0 Å². The summed E-state index contributed by atoms with van der Waals surface area (Å²) in [5, 5.41) is 2.77. The van der Waals surface area contributed by atoms with Crippen molar-refractivity contribution >= 4 is 29.2 Å². The lowest BCUT2D eigenvalue weighted by Crippen LogP contribution is -2.25. The monoisotopic (exact) mass is 330 g/mol. The number of rotatable bonds is 6. The number of hydrogen-bond donors (Lipinski definition) is 2. The van der Waals surface area contributed by atoms with Gasteiger partial charge < -0.3 is 15.6 Å². The summed E-state index contributed by atoms with van der Waals surface area (Å²) < 4.78 is 1.64. The van der Waals surface area contributed by atoms with Crippen LogP contribution >= 0.6 is 11.8 Å². The van der Waals surface area contributed by atoms with Crippen LogP contribution in [0.2, 0.25) is 0 Å². The fraction of sp³-hybridized carbons (Fsp3) is 0.188. The van der Waals surface area contributed by atoms with Crippen LogP contribution in [0.5, 0.6) is 0 Å². The number of carbonyl (C=O) groups excluding carboxylic acids is 1. The highest BCUT2D eigenvalue weighted by Gasteiger charge is 2.18. The number of allylic oxidation sites excluding steroid dienone is 1. The van der Waals surface area contributed by atoms with Gasteiger partial charge in [0.15, 0.2) is 5.16 Å². The Morgan fingerprint density at radius 1 is 1.48 bits per heavy atom. The molecular formula is C16H18N4O2S. The van der Waals surface area contributed by atoms with E-state index in [0.717, 1.165) is 0 Å². The first-order chi connectivity index (χ1) is 11.0. The Bertz CT molecular complexity index is 758. The normalized spacial score (nSPS) is 11.7. The third-order valence-corrected chi connectivity index (χ3v) is 4.11. The maximum Gasteiger partial charge on any atom is 0.275 e. The molecule has 1 heterocycles. The molecular weight excluding hydrogens is 312 g/mol. The predicted octanol–water partition coefficient (Wildman–Crippen LogP) is 2.13. The first-order valence-electron chi connectivity index (χ1n) is 7.02. The van der Waals surface area contributed by atoms with Crippen molar-refractivity contribution in [2.75, 3.05) is 11.1 Å². The van der Waals surface area contributed by atoms with Crippen molar-refractivity contribution in [3.8, 4) is 0 Å². The number of carbonyl (C=O) groups is 1. The lowest BCUT2D eigenvalue weighted by molar-refractivity contribution is -0.115. The zero-order valence-corrected chi connectivity index (χ0v) is 13.5. The van der Waals surface area contributed by atoms with Crippen molar-refractivity contribution < 1.29 is 4.79 Å². The smallest absolute Gasteiger partial charge is 0.275 e. The van der Waals surface area contributed by atoms with Gasteiger partial charge in [-0.15, -0.1) is 6.58 Å². The molecule has 2 aromatic rings. The largest absolute Gasteiger partial charge is 0.385 e. The number of thioether (sulfide) groups is 1. The molecule has 0 unspecified atom stereocenters. The second-order valence-electron chi connectivity index (χ2n) is 4.82. The zero-order chi connectivity index (χ0) is 16.8. The summed E-state index contributed by atoms with van der Waals surface area (Å²) in [6.07, 6.45) is 1.65. The molecule has 7 heteroatoms. The Hall–Kier alpha value is -2.54. The van der Waals surface area contributed by atoms with Gasteiger partial charge >= 0.3 is 0 Å². The van der Waals surface area contributed by atoms with Crippen LogP contribution in [0.1, 0.15) is 6.92 Å². The van der Waals surface area contributed by atoms with Crippen molar-refractivity contribution in [3.05, 3.63) is 59.4 Å². The maximum absolute atomic E-state index is 12.3. The van der Waals surface area contributed by atoms with E-state index in [1.165, 1.54) is 17.8 Å². The van der Waals surface area contributed by atoms with Gasteiger partial charge in [-0.25, -0.2) is 0 Å². The molecule has 0 spiro atoms. The van der Waals surface area contributed by atoms with Crippen LogP contribution in [0.3, 0.4) is 0 Å². The van der Waals surface area contributed by atoms with E-state index in [2.05, 4.69) is 16.9 Å². The number of benzene rings is 1. The Balaban J connectivity index is 2.16. The summed E-state index contributed by atoms with van der Waals surface area (Å²) in [7, 11) is 0. The highest BCUT2D eigenvalue weighted by atomic mass is 32.2. The number of hydrogen-bond acceptors (Lipinski definition) is 5. The van der Waals surface area contributed by atoms with Crippen LogP contribution in [-0.2, 0) is 11.3 Å². The number of nitrogens with one attached hydrogen (secondary N) is 1. The van der Waals surface area contributed by atoms with Crippen LogP contribution in [0.15, 0.2) is 59.0 Å². The zero-order valence-electron chi connectivity index (χ0n) is 12.7. The van der Waals surface area contributed by atoms with Gasteiger partial charge in [0.1, 0.15) is 5.82 Å². The number of nitrogen functional groups attached to an aromatic ring is 1. The van der Waals surface area contributed by atoms with E-state index in [9.17, 15) is 9.59 Å². The van der Waals surface area contributed by atoms with Gasteiger partial charge in [-0.1, -0.05) is 36.0 Å². The molecule has 1 atom stereocenters. The molecule has 1 aromatic carbocycles. The van der Waals surface area contributed by atoms with Crippen LogP contribution < -0.4 is 16.6 Å². The average molecular weight is 330 g/mol. The highest BCUT2D eigenvalue weighted by molar-refractivity contribution is 8.00. The van der Waals surface area contributed by atoms with Gasteiger partial charge in [-0.05, 0) is 19.1 Å². The minimum atomic E-state index is -0.444. The van der Waals surface area contributed by atoms with E-state index in [4.69, 9.17) is 5.73 Å². The summed E-state index contributed by atoms with van der Waals surface area (Å²) >= 11 is 1.18. The van der Waals surface area contributed by atoms with Gasteiger partial charge in [0.05, 0.1) is 5.25 Å². The Morgan fingerprint density at radius 2 is 2.17 bits per heavy atom. The maximum atomic E-state index is 12.3. The molecule has 3 N–H and O–H groups in total. The average Bonchev–Trinajstić information content (AvgIpc) is 2.51. The summed E-state index contributed by atoms with van der Waals surface area (Å²) in [4.78, 5) is 27.8. The molecule has 0 bridgehead atoms. The van der Waals surface area contributed by atoms with Gasteiger partial charge in [0, 0.05) is 18.3 Å². The standard InChI is InChI=1S/C16H18N4O2S/c1-3-9-20-13(17)10-14(21)19-16(20)23-11(2)15(22)18-12-7-5-4-6-8-12/h3-8,10-11H,1,9,17H2,2H3,(H,18,22)/t11-/m1/s1. The number of amides is 1. The van der Waals surface area contributed by atoms with E-state index in [-0.39, 0.29) is 5.91 Å². The molecule has 0 aliphatic rings. The lowest BCUT2D eigenvalue weighted by Gasteiger charge is -2.16. The summed E-state index contributed by atoms with van der Waals surface area (Å²) in [5.41, 5.74) is 6.13. The molecule has 0 saturated heterocycles. The molecule has 1 aromatic heterocycles. The van der Waals surface area contributed by atoms with E-state index >= 15 is 0 Å². The van der Waals surface area contributed by atoms with Gasteiger partial charge in [0.25, 0.3) is 5.56 Å². The minimum absolute atomic E-state index is 0.178. The molecule has 1 amide bonds. The van der Waals surface area contributed by atoms with Crippen LogP contribution in [0, 0.1) is 0 Å². The Morgan fingerprint density at radius 3 is 2.83 bits per heavy atom. The van der Waals surface area contributed by atoms with Crippen molar-refractivity contribution in [2.24, 2.45) is 0 Å². The van der Waals surface area contributed by atoms with E-state index in [0.29, 0.717) is 23.2 Å². The molecule has 2 rings (SSSR count). The number of para-hydroxylation sites is 1. The second-order valence-corrected chi connectivity index (χ2v) is 6.12. The SMILES string of the molecule is C=CCn1c(N)cc(=O)nc1S[C@H](C)C(=O)Nc1ccccc1. The molecule has 0 aliphatic heterocycles. The van der Waals surface area contributed by atoms with Crippen molar-refractivity contribution in [1.82, 2.24) is 9.55 Å². The van der Waals surface area contributed by atoms with Crippen LogP contribution in [0.4, 0.5) is 11.5 Å². The summed E-state index contributed by atoms with van der Waals surface area (Å²) in [5.74, 6) is 0.117. The molecule has 0 aliphatic carbocycles. The third kappa shape index (κ3) is 4.46. The van der Waals surface area contributed by atoms with Crippen LogP contribution in [0.25, 0.3) is 0 Å². The van der Waals surface area contributed by atoms with Gasteiger partial charge in [-0.2, -0.15) is 4.98 Å². The number of nitrogens with zero attached hydrogens (tertiary/aromatic N) is 2. The van der Waals surface area contributed by atoms with Crippen molar-refractivity contribution in [2.45, 2.75) is 23.9 Å². The highest BCUT2D eigenvalue weighted by Crippen LogP contribution is 2.23. The predicted molar refractivity (Wildman–Crippen MR) is 93.5 cm³/mol. The molecule has 0 radical (unpaired) electrons. The third-order valence-electron chi connectivity index (χ3n) is 3.02. The van der Waals surface area contributed by atoms with E-state index in [1.54, 1.807) is 17.6 Å². The number of aromatic nitrogens is 2. The number of nitrogens with two attached hydrogens (primary N) is 1. The fourth-order valence-corrected chi connectivity index (χ4v) is 2.81. The molecule has 23 heavy (non-hydrogen) atoms. The fourth-order valence-electron chi connectivity index (χ4n) is 1.88. The number of anilines is 2. The van der Waals surface area contributed by atoms with E-state index in [1.807, 2.05) is 30.3 Å². The van der Waals surface area contributed by atoms with Gasteiger partial charge in [0.2, 0.25) is 5.91 Å². The topological polar surface area (TPSA) is 90.0 Å². The first kappa shape index (κ1) is 16.8. The molecule has 0 fully saturated rings. The van der Waals surface area contributed by atoms with Crippen LogP contribution in [-0.4, -0.2) is 20.7 Å². The molecule has 120 valence electrons. The molecule has 0 saturated carbocycles.